The van der Waals surface area contributed by atoms with Gasteiger partial charge in [-0.1, -0.05) is 152 Å². The maximum absolute atomic E-state index is 2.41. The van der Waals surface area contributed by atoms with Gasteiger partial charge in [0.15, 0.2) is 0 Å². The first-order valence-electron chi connectivity index (χ1n) is 17.1. The number of nitrogens with zero attached hydrogens (tertiary/aromatic N) is 2. The lowest BCUT2D eigenvalue weighted by atomic mass is 9.99. The Labute approximate surface area is 292 Å². The molecular formula is C48H34N2. The summed E-state index contributed by atoms with van der Waals surface area (Å²) in [6.45, 7) is 0. The van der Waals surface area contributed by atoms with Crippen molar-refractivity contribution in [2.75, 3.05) is 4.90 Å². The molecule has 0 saturated carbocycles. The minimum Gasteiger partial charge on any atom is -0.310 e. The third kappa shape index (κ3) is 5.43. The number of aromatic nitrogens is 1. The first-order valence-corrected chi connectivity index (χ1v) is 17.1. The average Bonchev–Trinajstić information content (AvgIpc) is 3.53. The Kier molecular flexibility index (Phi) is 7.53. The Hall–Kier alpha value is -6.64. The molecule has 2 nitrogen and oxygen atoms in total. The van der Waals surface area contributed by atoms with Crippen LogP contribution in [0, 0.1) is 0 Å². The van der Waals surface area contributed by atoms with E-state index < -0.39 is 0 Å². The molecule has 0 aliphatic rings. The Bertz CT molecular complexity index is 2540. The molecule has 0 saturated heterocycles. The lowest BCUT2D eigenvalue weighted by molar-refractivity contribution is 1.18. The van der Waals surface area contributed by atoms with Crippen LogP contribution in [0.5, 0.6) is 0 Å². The van der Waals surface area contributed by atoms with E-state index in [4.69, 9.17) is 0 Å². The largest absolute Gasteiger partial charge is 0.310 e. The monoisotopic (exact) mass is 638 g/mol. The smallest absolute Gasteiger partial charge is 0.0561 e. The van der Waals surface area contributed by atoms with E-state index in [2.05, 4.69) is 216 Å². The summed E-state index contributed by atoms with van der Waals surface area (Å²) in [5.41, 5.74) is 14.1. The predicted octanol–water partition coefficient (Wildman–Crippen LogP) is 13.3. The molecule has 236 valence electrons. The van der Waals surface area contributed by atoms with Gasteiger partial charge in [0, 0.05) is 33.5 Å². The molecule has 0 bridgehead atoms. The maximum Gasteiger partial charge on any atom is 0.0561 e. The highest BCUT2D eigenvalue weighted by atomic mass is 15.1. The molecule has 0 aliphatic heterocycles. The molecule has 0 fully saturated rings. The minimum absolute atomic E-state index is 1.10. The molecule has 8 aromatic carbocycles. The van der Waals surface area contributed by atoms with Crippen molar-refractivity contribution >= 4 is 38.9 Å². The molecule has 9 rings (SSSR count). The number of benzene rings is 8. The SMILES string of the molecule is c1ccc(-c2ccc(-c3ccc4c5ccc(N(c6ccccc6)c6ccc(-c7ccccc7)cc6)cc5n(-c5ccccc5)c4c3)cc2)cc1. The van der Waals surface area contributed by atoms with Gasteiger partial charge in [0.1, 0.15) is 0 Å². The van der Waals surface area contributed by atoms with Gasteiger partial charge in [-0.15, -0.1) is 0 Å². The zero-order chi connectivity index (χ0) is 33.3. The predicted molar refractivity (Wildman–Crippen MR) is 212 cm³/mol. The fraction of sp³-hybridized carbons (Fsp3) is 0. The van der Waals surface area contributed by atoms with Crippen molar-refractivity contribution in [2.45, 2.75) is 0 Å². The van der Waals surface area contributed by atoms with Crippen molar-refractivity contribution in [2.24, 2.45) is 0 Å². The van der Waals surface area contributed by atoms with Gasteiger partial charge >= 0.3 is 0 Å². The van der Waals surface area contributed by atoms with Crippen LogP contribution in [0.4, 0.5) is 17.1 Å². The van der Waals surface area contributed by atoms with Gasteiger partial charge in [-0.05, 0) is 88.0 Å². The molecule has 0 atom stereocenters. The zero-order valence-corrected chi connectivity index (χ0v) is 27.5. The molecule has 0 radical (unpaired) electrons. The zero-order valence-electron chi connectivity index (χ0n) is 27.5. The second-order valence-corrected chi connectivity index (χ2v) is 12.6. The van der Waals surface area contributed by atoms with E-state index in [1.807, 2.05) is 0 Å². The average molecular weight is 639 g/mol. The first-order chi connectivity index (χ1) is 24.8. The third-order valence-electron chi connectivity index (χ3n) is 9.60. The van der Waals surface area contributed by atoms with Crippen LogP contribution in [0.2, 0.25) is 0 Å². The van der Waals surface area contributed by atoms with E-state index in [9.17, 15) is 0 Å². The van der Waals surface area contributed by atoms with Crippen molar-refractivity contribution in [3.63, 3.8) is 0 Å². The van der Waals surface area contributed by atoms with Crippen LogP contribution in [-0.2, 0) is 0 Å². The number of anilines is 3. The quantitative estimate of drug-likeness (QED) is 0.169. The number of fused-ring (bicyclic) bond motifs is 3. The first kappa shape index (κ1) is 29.5. The third-order valence-corrected chi connectivity index (χ3v) is 9.60. The highest BCUT2D eigenvalue weighted by Crippen LogP contribution is 2.41. The Balaban J connectivity index is 1.19. The van der Waals surface area contributed by atoms with E-state index in [-0.39, 0.29) is 0 Å². The molecule has 2 heteroatoms. The van der Waals surface area contributed by atoms with Crippen LogP contribution in [-0.4, -0.2) is 4.57 Å². The molecule has 0 spiro atoms. The summed E-state index contributed by atoms with van der Waals surface area (Å²) in [7, 11) is 0. The second-order valence-electron chi connectivity index (χ2n) is 12.6. The lowest BCUT2D eigenvalue weighted by Crippen LogP contribution is -2.10. The maximum atomic E-state index is 2.41. The summed E-state index contributed by atoms with van der Waals surface area (Å²) < 4.78 is 2.41. The van der Waals surface area contributed by atoms with E-state index in [0.29, 0.717) is 0 Å². The van der Waals surface area contributed by atoms with Gasteiger partial charge in [0.25, 0.3) is 0 Å². The summed E-state index contributed by atoms with van der Waals surface area (Å²) in [6, 6.07) is 74.0. The summed E-state index contributed by atoms with van der Waals surface area (Å²) in [5, 5.41) is 2.46. The van der Waals surface area contributed by atoms with Gasteiger partial charge in [0.05, 0.1) is 11.0 Å². The lowest BCUT2D eigenvalue weighted by Gasteiger charge is -2.26. The van der Waals surface area contributed by atoms with Crippen molar-refractivity contribution in [1.82, 2.24) is 4.57 Å². The number of para-hydroxylation sites is 2. The molecule has 1 heterocycles. The molecule has 0 unspecified atom stereocenters. The highest BCUT2D eigenvalue weighted by molar-refractivity contribution is 6.11. The van der Waals surface area contributed by atoms with E-state index >= 15 is 0 Å². The minimum atomic E-state index is 1.10. The summed E-state index contributed by atoms with van der Waals surface area (Å²) in [6.07, 6.45) is 0. The summed E-state index contributed by atoms with van der Waals surface area (Å²) in [5.74, 6) is 0. The molecular weight excluding hydrogens is 605 g/mol. The van der Waals surface area contributed by atoms with Crippen LogP contribution >= 0.6 is 0 Å². The Morgan fingerprint density at radius 3 is 1.24 bits per heavy atom. The Morgan fingerprint density at radius 2 is 0.660 bits per heavy atom. The standard InChI is InChI=1S/C48H34N2/c1-5-13-35(14-6-1)37-21-23-39(24-22-37)40-27-31-45-46-32-30-44(34-48(46)50(47(45)33-40)42-19-11-4-12-20-42)49(41-17-9-3-10-18-41)43-28-25-38(26-29-43)36-15-7-2-8-16-36/h1-34H. The normalized spacial score (nSPS) is 11.2. The van der Waals surface area contributed by atoms with Gasteiger partial charge in [-0.3, -0.25) is 0 Å². The summed E-state index contributed by atoms with van der Waals surface area (Å²) >= 11 is 0. The van der Waals surface area contributed by atoms with Crippen LogP contribution in [0.25, 0.3) is 60.9 Å². The van der Waals surface area contributed by atoms with Crippen LogP contribution in [0.1, 0.15) is 0 Å². The number of hydrogen-bond donors (Lipinski definition) is 0. The molecule has 0 N–H and O–H groups in total. The highest BCUT2D eigenvalue weighted by Gasteiger charge is 2.18. The van der Waals surface area contributed by atoms with E-state index in [1.54, 1.807) is 0 Å². The topological polar surface area (TPSA) is 8.17 Å². The molecule has 1 aromatic heterocycles. The van der Waals surface area contributed by atoms with Crippen molar-refractivity contribution in [3.8, 4) is 39.1 Å². The molecule has 0 aliphatic carbocycles. The number of rotatable bonds is 7. The van der Waals surface area contributed by atoms with E-state index in [0.717, 1.165) is 22.7 Å². The van der Waals surface area contributed by atoms with Gasteiger partial charge in [-0.2, -0.15) is 0 Å². The Morgan fingerprint density at radius 1 is 0.280 bits per heavy atom. The van der Waals surface area contributed by atoms with Crippen molar-refractivity contribution in [3.05, 3.63) is 206 Å². The van der Waals surface area contributed by atoms with Gasteiger partial charge < -0.3 is 9.47 Å². The molecule has 9 aromatic rings. The molecule has 0 amide bonds. The fourth-order valence-electron chi connectivity index (χ4n) is 7.12. The van der Waals surface area contributed by atoms with Gasteiger partial charge in [-0.25, -0.2) is 0 Å². The fourth-order valence-corrected chi connectivity index (χ4v) is 7.12. The van der Waals surface area contributed by atoms with E-state index in [1.165, 1.54) is 55.2 Å². The van der Waals surface area contributed by atoms with Crippen LogP contribution in [0.15, 0.2) is 206 Å². The van der Waals surface area contributed by atoms with Crippen molar-refractivity contribution < 1.29 is 0 Å². The van der Waals surface area contributed by atoms with Crippen LogP contribution < -0.4 is 4.90 Å². The van der Waals surface area contributed by atoms with Crippen LogP contribution in [0.3, 0.4) is 0 Å². The van der Waals surface area contributed by atoms with Crippen molar-refractivity contribution in [1.29, 1.82) is 0 Å². The molecule has 50 heavy (non-hydrogen) atoms. The summed E-state index contributed by atoms with van der Waals surface area (Å²) in [4.78, 5) is 2.35. The number of hydrogen-bond acceptors (Lipinski definition) is 1. The second kappa shape index (κ2) is 12.8. The van der Waals surface area contributed by atoms with Gasteiger partial charge in [0.2, 0.25) is 0 Å².